The van der Waals surface area contributed by atoms with Crippen molar-refractivity contribution < 1.29 is 19.0 Å². The van der Waals surface area contributed by atoms with E-state index < -0.39 is 0 Å². The minimum atomic E-state index is -0.292. The number of rotatable bonds is 9. The van der Waals surface area contributed by atoms with E-state index in [1.165, 1.54) is 18.9 Å². The third kappa shape index (κ3) is 6.45. The molecule has 1 heterocycles. The van der Waals surface area contributed by atoms with Crippen molar-refractivity contribution in [3.05, 3.63) is 82.9 Å². The lowest BCUT2D eigenvalue weighted by atomic mass is 9.98. The van der Waals surface area contributed by atoms with Crippen LogP contribution < -0.4 is 19.5 Å². The number of ether oxygens (including phenoxy) is 3. The predicted octanol–water partition coefficient (Wildman–Crippen LogP) is 7.01. The van der Waals surface area contributed by atoms with Crippen molar-refractivity contribution in [3.8, 4) is 45.7 Å². The van der Waals surface area contributed by atoms with Crippen LogP contribution in [0.3, 0.4) is 0 Å². The molecule has 3 aromatic carbocycles. The van der Waals surface area contributed by atoms with Crippen LogP contribution in [-0.4, -0.2) is 38.0 Å². The van der Waals surface area contributed by atoms with Crippen LogP contribution in [-0.2, 0) is 4.79 Å². The van der Waals surface area contributed by atoms with E-state index in [9.17, 15) is 10.1 Å². The predicted molar refractivity (Wildman–Crippen MR) is 155 cm³/mol. The van der Waals surface area contributed by atoms with E-state index in [1.807, 2.05) is 49.4 Å². The Kier molecular flexibility index (Phi) is 8.97. The minimum absolute atomic E-state index is 0.0140. The molecule has 198 valence electrons. The highest BCUT2D eigenvalue weighted by Gasteiger charge is 2.19. The molecule has 0 saturated heterocycles. The van der Waals surface area contributed by atoms with E-state index in [1.54, 1.807) is 38.5 Å². The monoisotopic (exact) mass is 559 g/mol. The summed E-state index contributed by atoms with van der Waals surface area (Å²) in [5.41, 5.74) is 4.94. The van der Waals surface area contributed by atoms with Gasteiger partial charge in [-0.2, -0.15) is 5.26 Å². The summed E-state index contributed by atoms with van der Waals surface area (Å²) in [5, 5.41) is 13.9. The third-order valence-electron chi connectivity index (χ3n) is 5.92. The first kappa shape index (κ1) is 27.8. The summed E-state index contributed by atoms with van der Waals surface area (Å²) in [4.78, 5) is 17.7. The maximum Gasteiger partial charge on any atom is 0.234 e. The molecule has 0 radical (unpaired) electrons. The normalized spacial score (nSPS) is 10.5. The number of nitrogens with one attached hydrogen (secondary N) is 1. The third-order valence-corrected chi connectivity index (χ3v) is 7.13. The molecular formula is C30H26ClN3O4S. The van der Waals surface area contributed by atoms with Gasteiger partial charge >= 0.3 is 0 Å². The Hall–Kier alpha value is -4.19. The summed E-state index contributed by atoms with van der Waals surface area (Å²) < 4.78 is 16.2. The van der Waals surface area contributed by atoms with E-state index in [2.05, 4.69) is 11.4 Å². The minimum Gasteiger partial charge on any atom is -0.495 e. The van der Waals surface area contributed by atoms with Crippen LogP contribution in [0.4, 0.5) is 5.69 Å². The number of hydrogen-bond acceptors (Lipinski definition) is 7. The summed E-state index contributed by atoms with van der Waals surface area (Å²) in [6.07, 6.45) is 0. The average Bonchev–Trinajstić information content (AvgIpc) is 2.95. The molecule has 0 saturated carbocycles. The van der Waals surface area contributed by atoms with Gasteiger partial charge in [0, 0.05) is 16.1 Å². The van der Waals surface area contributed by atoms with Gasteiger partial charge in [-0.25, -0.2) is 4.98 Å². The Morgan fingerprint density at radius 1 is 0.923 bits per heavy atom. The number of amides is 1. The largest absolute Gasteiger partial charge is 0.495 e. The van der Waals surface area contributed by atoms with Gasteiger partial charge in [-0.05, 0) is 48.9 Å². The van der Waals surface area contributed by atoms with Gasteiger partial charge in [0.05, 0.1) is 44.0 Å². The maximum atomic E-state index is 12.9. The fraction of sp³-hybridized carbons (Fsp3) is 0.167. The number of aryl methyl sites for hydroxylation is 1. The van der Waals surface area contributed by atoms with Gasteiger partial charge in [0.1, 0.15) is 16.8 Å². The first-order valence-corrected chi connectivity index (χ1v) is 13.2. The molecule has 1 N–H and O–H groups in total. The number of carbonyl (C=O) groups is 1. The molecule has 39 heavy (non-hydrogen) atoms. The Morgan fingerprint density at radius 3 is 2.26 bits per heavy atom. The van der Waals surface area contributed by atoms with E-state index >= 15 is 0 Å². The molecule has 0 spiro atoms. The number of aromatic nitrogens is 1. The van der Waals surface area contributed by atoms with Crippen molar-refractivity contribution in [1.29, 1.82) is 5.26 Å². The lowest BCUT2D eigenvalue weighted by molar-refractivity contribution is -0.113. The number of anilines is 1. The Bertz CT molecular complexity index is 1550. The molecule has 0 bridgehead atoms. The summed E-state index contributed by atoms with van der Waals surface area (Å²) in [6, 6.07) is 22.6. The van der Waals surface area contributed by atoms with Gasteiger partial charge in [0.25, 0.3) is 0 Å². The van der Waals surface area contributed by atoms with Crippen LogP contribution in [0.2, 0.25) is 5.02 Å². The van der Waals surface area contributed by atoms with Gasteiger partial charge in [-0.15, -0.1) is 0 Å². The number of hydrogen-bond donors (Lipinski definition) is 1. The number of carbonyl (C=O) groups excluding carboxylic acids is 1. The zero-order chi connectivity index (χ0) is 27.9. The van der Waals surface area contributed by atoms with Gasteiger partial charge in [0.2, 0.25) is 5.91 Å². The molecule has 0 unspecified atom stereocenters. The molecule has 0 fully saturated rings. The van der Waals surface area contributed by atoms with Gasteiger partial charge in [-0.1, -0.05) is 59.3 Å². The van der Waals surface area contributed by atoms with E-state index in [0.29, 0.717) is 49.8 Å². The molecule has 4 aromatic rings. The summed E-state index contributed by atoms with van der Waals surface area (Å²) in [5.74, 6) is 1.33. The van der Waals surface area contributed by atoms with Crippen LogP contribution in [0.1, 0.15) is 11.1 Å². The summed E-state index contributed by atoms with van der Waals surface area (Å²) in [6.45, 7) is 2.01. The lowest BCUT2D eigenvalue weighted by Crippen LogP contribution is -2.15. The van der Waals surface area contributed by atoms with Crippen LogP contribution in [0.15, 0.2) is 71.8 Å². The number of nitrogens with zero attached hydrogens (tertiary/aromatic N) is 2. The standard InChI is InChI=1S/C30H26ClN3O4S/c1-18-5-7-19(8-6-18)24-15-22(20-9-11-27(37-3)28(13-20)38-4)23(16-32)30(34-24)39-17-29(35)33-25-14-21(31)10-12-26(25)36-2/h5-15H,17H2,1-4H3,(H,33,35). The highest BCUT2D eigenvalue weighted by atomic mass is 35.5. The summed E-state index contributed by atoms with van der Waals surface area (Å²) >= 11 is 7.28. The molecule has 7 nitrogen and oxygen atoms in total. The maximum absolute atomic E-state index is 12.9. The molecule has 0 aliphatic heterocycles. The van der Waals surface area contributed by atoms with Crippen molar-refractivity contribution in [3.63, 3.8) is 0 Å². The lowest BCUT2D eigenvalue weighted by Gasteiger charge is -2.15. The number of benzene rings is 3. The SMILES string of the molecule is COc1ccc(Cl)cc1NC(=O)CSc1nc(-c2ccc(C)cc2)cc(-c2ccc(OC)c(OC)c2)c1C#N. The Morgan fingerprint density at radius 2 is 1.59 bits per heavy atom. The molecule has 1 amide bonds. The Balaban J connectivity index is 1.73. The smallest absolute Gasteiger partial charge is 0.234 e. The molecular weight excluding hydrogens is 534 g/mol. The van der Waals surface area contributed by atoms with E-state index in [-0.39, 0.29) is 11.7 Å². The second-order valence-corrected chi connectivity index (χ2v) is 9.86. The molecule has 0 aliphatic carbocycles. The number of thioether (sulfide) groups is 1. The van der Waals surface area contributed by atoms with Crippen molar-refractivity contribution in [2.75, 3.05) is 32.4 Å². The molecule has 1 aromatic heterocycles. The van der Waals surface area contributed by atoms with Crippen LogP contribution >= 0.6 is 23.4 Å². The van der Waals surface area contributed by atoms with Crippen molar-refractivity contribution in [2.24, 2.45) is 0 Å². The van der Waals surface area contributed by atoms with Gasteiger partial charge in [0.15, 0.2) is 11.5 Å². The first-order chi connectivity index (χ1) is 18.9. The average molecular weight is 560 g/mol. The zero-order valence-electron chi connectivity index (χ0n) is 21.9. The van der Waals surface area contributed by atoms with Gasteiger partial charge in [-0.3, -0.25) is 4.79 Å². The molecule has 4 rings (SSSR count). The highest BCUT2D eigenvalue weighted by Crippen LogP contribution is 2.38. The fourth-order valence-corrected chi connectivity index (χ4v) is 4.91. The second kappa shape index (κ2) is 12.6. The van der Waals surface area contributed by atoms with Crippen LogP contribution in [0.25, 0.3) is 22.4 Å². The van der Waals surface area contributed by atoms with Crippen molar-refractivity contribution in [2.45, 2.75) is 11.9 Å². The van der Waals surface area contributed by atoms with E-state index in [0.717, 1.165) is 16.7 Å². The van der Waals surface area contributed by atoms with Crippen molar-refractivity contribution in [1.82, 2.24) is 4.98 Å². The fourth-order valence-electron chi connectivity index (χ4n) is 3.94. The number of pyridine rings is 1. The van der Waals surface area contributed by atoms with Crippen molar-refractivity contribution >= 4 is 35.0 Å². The summed E-state index contributed by atoms with van der Waals surface area (Å²) in [7, 11) is 4.65. The van der Waals surface area contributed by atoms with Crippen LogP contribution in [0.5, 0.6) is 17.2 Å². The molecule has 9 heteroatoms. The zero-order valence-corrected chi connectivity index (χ0v) is 23.4. The first-order valence-electron chi connectivity index (χ1n) is 11.9. The quantitative estimate of drug-likeness (QED) is 0.220. The highest BCUT2D eigenvalue weighted by molar-refractivity contribution is 8.00. The molecule has 0 atom stereocenters. The molecule has 0 aliphatic rings. The van der Waals surface area contributed by atoms with E-state index in [4.69, 9.17) is 30.8 Å². The van der Waals surface area contributed by atoms with Gasteiger partial charge < -0.3 is 19.5 Å². The van der Waals surface area contributed by atoms with Crippen LogP contribution in [0, 0.1) is 18.3 Å². The Labute approximate surface area is 236 Å². The topological polar surface area (TPSA) is 93.5 Å². The number of methoxy groups -OCH3 is 3. The number of nitriles is 1. The number of halogens is 1. The second-order valence-electron chi connectivity index (χ2n) is 8.46.